The van der Waals surface area contributed by atoms with Gasteiger partial charge in [-0.3, -0.25) is 10.1 Å². The van der Waals surface area contributed by atoms with Gasteiger partial charge < -0.3 is 4.74 Å². The predicted octanol–water partition coefficient (Wildman–Crippen LogP) is 3.31. The standard InChI is InChI=1S/C15H10N2O4S/c1-9-7-10(4-5-13(9)17(19)20)14-16-12(15(18)21-14)8-11-3-2-6-22-11/h2-8H,1H3/b12-8-. The molecule has 1 aromatic heterocycles. The van der Waals surface area contributed by atoms with Crippen molar-refractivity contribution in [2.45, 2.75) is 6.92 Å². The van der Waals surface area contributed by atoms with Crippen molar-refractivity contribution in [2.24, 2.45) is 4.99 Å². The van der Waals surface area contributed by atoms with Crippen LogP contribution in [0, 0.1) is 17.0 Å². The zero-order chi connectivity index (χ0) is 15.7. The lowest BCUT2D eigenvalue weighted by molar-refractivity contribution is -0.385. The van der Waals surface area contributed by atoms with Crippen LogP contribution in [0.5, 0.6) is 0 Å². The molecule has 0 N–H and O–H groups in total. The van der Waals surface area contributed by atoms with E-state index < -0.39 is 10.9 Å². The van der Waals surface area contributed by atoms with E-state index in [-0.39, 0.29) is 17.3 Å². The monoisotopic (exact) mass is 314 g/mol. The molecule has 0 saturated carbocycles. The van der Waals surface area contributed by atoms with Gasteiger partial charge in [-0.1, -0.05) is 6.07 Å². The van der Waals surface area contributed by atoms with Gasteiger partial charge in [-0.2, -0.15) is 0 Å². The molecule has 0 fully saturated rings. The third-order valence-electron chi connectivity index (χ3n) is 3.08. The molecule has 0 saturated heterocycles. The summed E-state index contributed by atoms with van der Waals surface area (Å²) in [4.78, 5) is 27.3. The van der Waals surface area contributed by atoms with E-state index in [0.717, 1.165) is 4.88 Å². The van der Waals surface area contributed by atoms with Gasteiger partial charge in [0.15, 0.2) is 5.70 Å². The van der Waals surface area contributed by atoms with Gasteiger partial charge in [0.25, 0.3) is 5.69 Å². The van der Waals surface area contributed by atoms with Gasteiger partial charge in [-0.25, -0.2) is 9.79 Å². The van der Waals surface area contributed by atoms with E-state index in [1.54, 1.807) is 19.1 Å². The van der Waals surface area contributed by atoms with E-state index >= 15 is 0 Å². The Morgan fingerprint density at radius 2 is 2.18 bits per heavy atom. The Bertz CT molecular complexity index is 822. The molecule has 0 spiro atoms. The number of ether oxygens (including phenoxy) is 1. The second-order valence-corrected chi connectivity index (χ2v) is 5.59. The van der Waals surface area contributed by atoms with Crippen molar-refractivity contribution in [3.05, 3.63) is 67.5 Å². The van der Waals surface area contributed by atoms with Crippen LogP contribution in [0.3, 0.4) is 0 Å². The van der Waals surface area contributed by atoms with Gasteiger partial charge >= 0.3 is 5.97 Å². The highest BCUT2D eigenvalue weighted by Crippen LogP contribution is 2.24. The quantitative estimate of drug-likeness (QED) is 0.377. The molecule has 3 rings (SSSR count). The molecule has 110 valence electrons. The minimum atomic E-state index is -0.528. The van der Waals surface area contributed by atoms with E-state index in [0.29, 0.717) is 11.1 Å². The Morgan fingerprint density at radius 3 is 2.82 bits per heavy atom. The number of esters is 1. The van der Waals surface area contributed by atoms with Crippen LogP contribution in [0.4, 0.5) is 5.69 Å². The molecule has 0 bridgehead atoms. The topological polar surface area (TPSA) is 81.8 Å². The average Bonchev–Trinajstić information content (AvgIpc) is 3.09. The van der Waals surface area contributed by atoms with Crippen LogP contribution >= 0.6 is 11.3 Å². The lowest BCUT2D eigenvalue weighted by Gasteiger charge is -2.01. The number of nitrogens with zero attached hydrogens (tertiary/aromatic N) is 2. The molecule has 2 heterocycles. The van der Waals surface area contributed by atoms with E-state index in [1.165, 1.54) is 23.5 Å². The van der Waals surface area contributed by atoms with Gasteiger partial charge in [0.2, 0.25) is 5.90 Å². The summed E-state index contributed by atoms with van der Waals surface area (Å²) in [7, 11) is 0. The Kier molecular flexibility index (Phi) is 3.56. The summed E-state index contributed by atoms with van der Waals surface area (Å²) in [6.07, 6.45) is 1.65. The molecular weight excluding hydrogens is 304 g/mol. The number of hydrogen-bond donors (Lipinski definition) is 0. The van der Waals surface area contributed by atoms with Crippen LogP contribution in [0.1, 0.15) is 16.0 Å². The maximum absolute atomic E-state index is 11.8. The number of benzene rings is 1. The third kappa shape index (κ3) is 2.66. The largest absolute Gasteiger partial charge is 0.402 e. The lowest BCUT2D eigenvalue weighted by atomic mass is 10.1. The second kappa shape index (κ2) is 5.53. The van der Waals surface area contributed by atoms with Gasteiger partial charge in [-0.05, 0) is 36.6 Å². The molecule has 0 radical (unpaired) electrons. The first-order valence-corrected chi connectivity index (χ1v) is 7.24. The highest BCUT2D eigenvalue weighted by Gasteiger charge is 2.25. The van der Waals surface area contributed by atoms with E-state index in [2.05, 4.69) is 4.99 Å². The fourth-order valence-corrected chi connectivity index (χ4v) is 2.69. The third-order valence-corrected chi connectivity index (χ3v) is 3.90. The number of thiophene rings is 1. The number of rotatable bonds is 3. The molecule has 0 amide bonds. The number of cyclic esters (lactones) is 1. The molecule has 7 heteroatoms. The van der Waals surface area contributed by atoms with Crippen LogP contribution in [0.25, 0.3) is 6.08 Å². The van der Waals surface area contributed by atoms with Crippen LogP contribution in [0.2, 0.25) is 0 Å². The van der Waals surface area contributed by atoms with Crippen molar-refractivity contribution in [3.8, 4) is 0 Å². The van der Waals surface area contributed by atoms with Gasteiger partial charge in [0.1, 0.15) is 0 Å². The first-order valence-electron chi connectivity index (χ1n) is 6.36. The summed E-state index contributed by atoms with van der Waals surface area (Å²) < 4.78 is 5.14. The van der Waals surface area contributed by atoms with Crippen molar-refractivity contribution in [1.29, 1.82) is 0 Å². The Hall–Kier alpha value is -2.80. The number of hydrogen-bond acceptors (Lipinski definition) is 6. The van der Waals surface area contributed by atoms with Crippen LogP contribution in [0.15, 0.2) is 46.4 Å². The van der Waals surface area contributed by atoms with Crippen molar-refractivity contribution in [1.82, 2.24) is 0 Å². The molecular formula is C15H10N2O4S. The van der Waals surface area contributed by atoms with Crippen LogP contribution in [-0.2, 0) is 9.53 Å². The Labute approximate surface area is 129 Å². The Morgan fingerprint density at radius 1 is 1.36 bits per heavy atom. The maximum Gasteiger partial charge on any atom is 0.363 e. The summed E-state index contributed by atoms with van der Waals surface area (Å²) in [5, 5.41) is 12.7. The summed E-state index contributed by atoms with van der Waals surface area (Å²) in [6, 6.07) is 8.22. The summed E-state index contributed by atoms with van der Waals surface area (Å²) >= 11 is 1.49. The van der Waals surface area contributed by atoms with Crippen molar-refractivity contribution < 1.29 is 14.5 Å². The first-order chi connectivity index (χ1) is 10.5. The zero-order valence-corrected chi connectivity index (χ0v) is 12.3. The second-order valence-electron chi connectivity index (χ2n) is 4.61. The highest BCUT2D eigenvalue weighted by molar-refractivity contribution is 7.10. The lowest BCUT2D eigenvalue weighted by Crippen LogP contribution is -2.06. The number of aliphatic imine (C=N–C) groups is 1. The fraction of sp³-hybridized carbons (Fsp3) is 0.0667. The molecule has 1 aliphatic rings. The van der Waals surface area contributed by atoms with Crippen LogP contribution in [-0.4, -0.2) is 16.8 Å². The smallest absolute Gasteiger partial charge is 0.363 e. The molecule has 1 aliphatic heterocycles. The van der Waals surface area contributed by atoms with Crippen molar-refractivity contribution >= 4 is 35.0 Å². The fourth-order valence-electron chi connectivity index (χ4n) is 2.03. The first kappa shape index (κ1) is 14.2. The normalized spacial score (nSPS) is 15.8. The molecule has 22 heavy (non-hydrogen) atoms. The van der Waals surface area contributed by atoms with E-state index in [4.69, 9.17) is 4.74 Å². The van der Waals surface area contributed by atoms with Crippen LogP contribution < -0.4 is 0 Å². The summed E-state index contributed by atoms with van der Waals surface area (Å²) in [6.45, 7) is 1.63. The van der Waals surface area contributed by atoms with Crippen molar-refractivity contribution in [2.75, 3.05) is 0 Å². The highest BCUT2D eigenvalue weighted by atomic mass is 32.1. The molecule has 6 nitrogen and oxygen atoms in total. The minimum absolute atomic E-state index is 0.0167. The SMILES string of the molecule is Cc1cc(C2=N/C(=C\c3cccs3)C(=O)O2)ccc1[N+](=O)[O-]. The summed E-state index contributed by atoms with van der Waals surface area (Å²) in [5.41, 5.74) is 1.25. The number of carbonyl (C=O) groups excluding carboxylic acids is 1. The van der Waals surface area contributed by atoms with Gasteiger partial charge in [-0.15, -0.1) is 11.3 Å². The minimum Gasteiger partial charge on any atom is -0.402 e. The van der Waals surface area contributed by atoms with Gasteiger partial charge in [0, 0.05) is 22.1 Å². The molecule has 0 atom stereocenters. The average molecular weight is 314 g/mol. The van der Waals surface area contributed by atoms with Gasteiger partial charge in [0.05, 0.1) is 4.92 Å². The number of nitro benzene ring substituents is 1. The van der Waals surface area contributed by atoms with E-state index in [1.807, 2.05) is 17.5 Å². The maximum atomic E-state index is 11.8. The Balaban J connectivity index is 1.94. The molecule has 0 aliphatic carbocycles. The number of aryl methyl sites for hydroxylation is 1. The number of nitro groups is 1. The molecule has 1 aromatic carbocycles. The predicted molar refractivity (Wildman–Crippen MR) is 82.8 cm³/mol. The summed E-state index contributed by atoms with van der Waals surface area (Å²) in [5.74, 6) is -0.370. The zero-order valence-electron chi connectivity index (χ0n) is 11.5. The van der Waals surface area contributed by atoms with E-state index in [9.17, 15) is 14.9 Å². The molecule has 2 aromatic rings. The number of carbonyl (C=O) groups is 1. The molecule has 0 unspecified atom stereocenters. The van der Waals surface area contributed by atoms with Crippen molar-refractivity contribution in [3.63, 3.8) is 0 Å².